The van der Waals surface area contributed by atoms with Gasteiger partial charge in [-0.3, -0.25) is 0 Å². The molecule has 13 heavy (non-hydrogen) atoms. The van der Waals surface area contributed by atoms with Crippen LogP contribution in [-0.4, -0.2) is 15.0 Å². The predicted molar refractivity (Wildman–Crippen MR) is 44.7 cm³/mol. The molecule has 68 valence electrons. The summed E-state index contributed by atoms with van der Waals surface area (Å²) >= 11 is 1.35. The minimum absolute atomic E-state index is 0.245. The third-order valence-electron chi connectivity index (χ3n) is 1.46. The number of rotatable bonds is 2. The van der Waals surface area contributed by atoms with E-state index in [-0.39, 0.29) is 5.69 Å². The Kier molecular flexibility index (Phi) is 2.05. The summed E-state index contributed by atoms with van der Waals surface area (Å²) in [6.07, 6.45) is 0.261. The highest BCUT2D eigenvalue weighted by molar-refractivity contribution is 7.12. The highest BCUT2D eigenvalue weighted by Crippen LogP contribution is 2.22. The molecule has 0 bridgehead atoms. The Bertz CT molecular complexity index is 382. The fourth-order valence-corrected chi connectivity index (χ4v) is 1.49. The van der Waals surface area contributed by atoms with Crippen LogP contribution in [0, 0.1) is 0 Å². The van der Waals surface area contributed by atoms with Crippen LogP contribution in [0.5, 0.6) is 0 Å². The van der Waals surface area contributed by atoms with Crippen molar-refractivity contribution < 1.29 is 8.78 Å². The number of H-pyrrole nitrogens is 1. The Morgan fingerprint density at radius 1 is 1.46 bits per heavy atom. The minimum atomic E-state index is -2.54. The molecule has 6 heteroatoms. The number of imidazole rings is 1. The van der Waals surface area contributed by atoms with Crippen molar-refractivity contribution in [3.05, 3.63) is 23.5 Å². The highest BCUT2D eigenvalue weighted by atomic mass is 32.1. The Balaban J connectivity index is 2.33. The summed E-state index contributed by atoms with van der Waals surface area (Å²) < 4.78 is 24.2. The number of aromatic amines is 1. The topological polar surface area (TPSA) is 41.6 Å². The van der Waals surface area contributed by atoms with Gasteiger partial charge in [0.15, 0.2) is 10.8 Å². The zero-order valence-electron chi connectivity index (χ0n) is 6.37. The van der Waals surface area contributed by atoms with Gasteiger partial charge in [0.05, 0.1) is 0 Å². The van der Waals surface area contributed by atoms with E-state index in [1.165, 1.54) is 17.5 Å². The second-order valence-electron chi connectivity index (χ2n) is 2.31. The molecule has 0 aliphatic rings. The number of thiazole rings is 1. The third kappa shape index (κ3) is 1.57. The number of aromatic nitrogens is 3. The molecule has 0 aliphatic carbocycles. The van der Waals surface area contributed by atoms with Gasteiger partial charge in [0.1, 0.15) is 5.69 Å². The van der Waals surface area contributed by atoms with Gasteiger partial charge in [-0.15, -0.1) is 11.3 Å². The fraction of sp³-hybridized carbons (Fsp3) is 0.143. The molecule has 0 spiro atoms. The van der Waals surface area contributed by atoms with Crippen molar-refractivity contribution in [2.75, 3.05) is 0 Å². The second-order valence-corrected chi connectivity index (χ2v) is 3.21. The molecule has 1 N–H and O–H groups in total. The predicted octanol–water partition coefficient (Wildman–Crippen LogP) is 2.47. The van der Waals surface area contributed by atoms with Crippen molar-refractivity contribution in [1.82, 2.24) is 15.0 Å². The van der Waals surface area contributed by atoms with E-state index in [0.717, 1.165) is 0 Å². The van der Waals surface area contributed by atoms with Crippen molar-refractivity contribution in [2.24, 2.45) is 0 Å². The first kappa shape index (κ1) is 8.31. The third-order valence-corrected chi connectivity index (χ3v) is 2.24. The number of hydrogen-bond donors (Lipinski definition) is 1. The molecule has 2 heterocycles. The standard InChI is InChI=1S/C7H5F2N3S/c8-5(9)4-3-11-6(12-4)7-10-1-2-13-7/h1-3,5H,(H,11,12). The largest absolute Gasteiger partial charge is 0.342 e. The van der Waals surface area contributed by atoms with Crippen LogP contribution in [0.1, 0.15) is 12.1 Å². The Morgan fingerprint density at radius 3 is 2.85 bits per heavy atom. The average Bonchev–Trinajstić information content (AvgIpc) is 2.75. The van der Waals surface area contributed by atoms with E-state index in [0.29, 0.717) is 10.8 Å². The molecule has 2 rings (SSSR count). The highest BCUT2D eigenvalue weighted by Gasteiger charge is 2.12. The van der Waals surface area contributed by atoms with Crippen LogP contribution in [0.2, 0.25) is 0 Å². The smallest absolute Gasteiger partial charge is 0.281 e. The molecule has 0 amide bonds. The zero-order valence-corrected chi connectivity index (χ0v) is 7.18. The quantitative estimate of drug-likeness (QED) is 0.810. The molecule has 0 atom stereocenters. The lowest BCUT2D eigenvalue weighted by Gasteiger charge is -1.88. The second kappa shape index (κ2) is 3.21. The van der Waals surface area contributed by atoms with Crippen molar-refractivity contribution in [1.29, 1.82) is 0 Å². The van der Waals surface area contributed by atoms with Crippen LogP contribution in [0.4, 0.5) is 8.78 Å². The maximum Gasteiger partial charge on any atom is 0.281 e. The molecule has 0 aliphatic heterocycles. The van der Waals surface area contributed by atoms with E-state index >= 15 is 0 Å². The lowest BCUT2D eigenvalue weighted by atomic mass is 10.5. The molecular formula is C7H5F2N3S. The van der Waals surface area contributed by atoms with E-state index in [2.05, 4.69) is 15.0 Å². The molecule has 0 fully saturated rings. The first-order chi connectivity index (χ1) is 6.27. The summed E-state index contributed by atoms with van der Waals surface area (Å²) in [5.41, 5.74) is -0.245. The monoisotopic (exact) mass is 201 g/mol. The van der Waals surface area contributed by atoms with Gasteiger partial charge < -0.3 is 4.98 Å². The Labute approximate surface area is 76.5 Å². The number of nitrogens with one attached hydrogen (secondary N) is 1. The van der Waals surface area contributed by atoms with Crippen molar-refractivity contribution in [3.63, 3.8) is 0 Å². The van der Waals surface area contributed by atoms with Gasteiger partial charge >= 0.3 is 0 Å². The van der Waals surface area contributed by atoms with Crippen molar-refractivity contribution >= 4 is 11.3 Å². The summed E-state index contributed by atoms with van der Waals surface area (Å²) in [5.74, 6) is 0.394. The van der Waals surface area contributed by atoms with Crippen LogP contribution in [0.25, 0.3) is 10.8 Å². The Morgan fingerprint density at radius 2 is 2.31 bits per heavy atom. The van der Waals surface area contributed by atoms with Gasteiger partial charge in [0.25, 0.3) is 6.43 Å². The van der Waals surface area contributed by atoms with Gasteiger partial charge in [-0.2, -0.15) is 0 Å². The number of hydrogen-bond acceptors (Lipinski definition) is 3. The van der Waals surface area contributed by atoms with E-state index in [1.807, 2.05) is 0 Å². The molecule has 0 radical (unpaired) electrons. The number of halogens is 2. The molecule has 2 aromatic heterocycles. The Hall–Kier alpha value is -1.30. The molecule has 0 aromatic carbocycles. The van der Waals surface area contributed by atoms with Crippen molar-refractivity contribution in [2.45, 2.75) is 6.43 Å². The van der Waals surface area contributed by atoms with Crippen LogP contribution < -0.4 is 0 Å². The van der Waals surface area contributed by atoms with Crippen molar-refractivity contribution in [3.8, 4) is 10.8 Å². The minimum Gasteiger partial charge on any atom is -0.342 e. The van der Waals surface area contributed by atoms with Gasteiger partial charge in [-0.1, -0.05) is 0 Å². The lowest BCUT2D eigenvalue weighted by Crippen LogP contribution is -1.83. The first-order valence-corrected chi connectivity index (χ1v) is 4.38. The van der Waals surface area contributed by atoms with E-state index in [9.17, 15) is 8.78 Å². The van der Waals surface area contributed by atoms with E-state index in [1.54, 1.807) is 11.6 Å². The van der Waals surface area contributed by atoms with E-state index in [4.69, 9.17) is 0 Å². The van der Waals surface area contributed by atoms with E-state index < -0.39 is 6.43 Å². The average molecular weight is 201 g/mol. The fourth-order valence-electron chi connectivity index (χ4n) is 0.898. The van der Waals surface area contributed by atoms with Gasteiger partial charge in [0.2, 0.25) is 0 Å². The molecule has 0 saturated carbocycles. The van der Waals surface area contributed by atoms with Crippen LogP contribution in [-0.2, 0) is 0 Å². The molecule has 3 nitrogen and oxygen atoms in total. The van der Waals surface area contributed by atoms with Crippen LogP contribution in [0.15, 0.2) is 17.8 Å². The van der Waals surface area contributed by atoms with Gasteiger partial charge in [-0.05, 0) is 0 Å². The summed E-state index contributed by atoms with van der Waals surface area (Å²) in [4.78, 5) is 10.3. The normalized spacial score (nSPS) is 11.0. The van der Waals surface area contributed by atoms with Crippen LogP contribution >= 0.6 is 11.3 Å². The van der Waals surface area contributed by atoms with Gasteiger partial charge in [-0.25, -0.2) is 18.7 Å². The SMILES string of the molecule is FC(F)c1c[nH]c(-c2nccs2)n1. The molecule has 0 unspecified atom stereocenters. The summed E-state index contributed by atoms with van der Waals surface area (Å²) in [6.45, 7) is 0. The van der Waals surface area contributed by atoms with Crippen LogP contribution in [0.3, 0.4) is 0 Å². The molecule has 2 aromatic rings. The maximum atomic E-state index is 12.1. The molecular weight excluding hydrogens is 196 g/mol. The van der Waals surface area contributed by atoms with Gasteiger partial charge in [0, 0.05) is 17.8 Å². The zero-order chi connectivity index (χ0) is 9.26. The number of nitrogens with zero attached hydrogens (tertiary/aromatic N) is 2. The lowest BCUT2D eigenvalue weighted by molar-refractivity contribution is 0.146. The summed E-state index contributed by atoms with van der Waals surface area (Å²) in [7, 11) is 0. The maximum absolute atomic E-state index is 12.1. The summed E-state index contributed by atoms with van der Waals surface area (Å²) in [5, 5.41) is 2.38. The summed E-state index contributed by atoms with van der Waals surface area (Å²) in [6, 6.07) is 0. The number of alkyl halides is 2. The molecule has 0 saturated heterocycles. The first-order valence-electron chi connectivity index (χ1n) is 3.50.